The monoisotopic (exact) mass is 313 g/mol. The van der Waals surface area contributed by atoms with Crippen molar-refractivity contribution in [3.8, 4) is 0 Å². The predicted molar refractivity (Wildman–Crippen MR) is 90.3 cm³/mol. The van der Waals surface area contributed by atoms with Gasteiger partial charge in [-0.05, 0) is 29.2 Å². The van der Waals surface area contributed by atoms with E-state index in [1.807, 2.05) is 12.1 Å². The molecule has 4 heteroatoms. The maximum atomic E-state index is 12.5. The molecule has 1 heterocycles. The van der Waals surface area contributed by atoms with Gasteiger partial charge in [-0.1, -0.05) is 42.5 Å². The summed E-state index contributed by atoms with van der Waals surface area (Å²) in [6, 6.07) is 14.5. The van der Waals surface area contributed by atoms with Gasteiger partial charge in [-0.3, -0.25) is 4.79 Å². The van der Waals surface area contributed by atoms with Crippen LogP contribution in [-0.2, 0) is 16.0 Å². The summed E-state index contributed by atoms with van der Waals surface area (Å²) in [5.41, 5.74) is 1.17. The molecule has 2 aromatic carbocycles. The number of likely N-dealkylation sites (tertiary alicyclic amines) is 1. The van der Waals surface area contributed by atoms with E-state index in [0.29, 0.717) is 19.4 Å². The summed E-state index contributed by atoms with van der Waals surface area (Å²) in [6.45, 7) is 0.583. The largest absolute Gasteiger partial charge is 0.394 e. The zero-order valence-electron chi connectivity index (χ0n) is 13.4. The van der Waals surface area contributed by atoms with Gasteiger partial charge >= 0.3 is 0 Å². The predicted octanol–water partition coefficient (Wildman–Crippen LogP) is 2.38. The van der Waals surface area contributed by atoms with Crippen molar-refractivity contribution in [1.82, 2.24) is 4.90 Å². The van der Waals surface area contributed by atoms with Crippen LogP contribution in [0, 0.1) is 0 Å². The first-order valence-electron chi connectivity index (χ1n) is 8.12. The lowest BCUT2D eigenvalue weighted by molar-refractivity contribution is -0.133. The number of ether oxygens (including phenoxy) is 1. The Kier molecular flexibility index (Phi) is 4.94. The van der Waals surface area contributed by atoms with E-state index in [1.165, 1.54) is 16.3 Å². The number of fused-ring (bicyclic) bond motifs is 1. The van der Waals surface area contributed by atoms with E-state index in [1.54, 1.807) is 12.0 Å². The second-order valence-corrected chi connectivity index (χ2v) is 6.16. The van der Waals surface area contributed by atoms with E-state index in [-0.39, 0.29) is 24.7 Å². The second-order valence-electron chi connectivity index (χ2n) is 6.16. The quantitative estimate of drug-likeness (QED) is 0.922. The molecule has 1 N–H and O–H groups in total. The molecule has 1 saturated heterocycles. The molecule has 2 atom stereocenters. The molecule has 1 amide bonds. The molecule has 0 aliphatic carbocycles. The fourth-order valence-electron chi connectivity index (χ4n) is 3.31. The molecule has 0 aromatic heterocycles. The Morgan fingerprint density at radius 3 is 2.78 bits per heavy atom. The number of benzene rings is 2. The third-order valence-electron chi connectivity index (χ3n) is 4.68. The Morgan fingerprint density at radius 2 is 2.04 bits per heavy atom. The van der Waals surface area contributed by atoms with Crippen molar-refractivity contribution in [3.05, 3.63) is 48.0 Å². The van der Waals surface area contributed by atoms with Crippen molar-refractivity contribution in [2.45, 2.75) is 31.4 Å². The summed E-state index contributed by atoms with van der Waals surface area (Å²) >= 11 is 0. The Bertz CT molecular complexity index is 685. The van der Waals surface area contributed by atoms with Crippen LogP contribution in [0.15, 0.2) is 42.5 Å². The number of methoxy groups -OCH3 is 1. The molecule has 122 valence electrons. The van der Waals surface area contributed by atoms with Gasteiger partial charge in [0, 0.05) is 20.1 Å². The van der Waals surface area contributed by atoms with Crippen LogP contribution in [0.3, 0.4) is 0 Å². The Balaban J connectivity index is 1.63. The van der Waals surface area contributed by atoms with Crippen molar-refractivity contribution in [3.63, 3.8) is 0 Å². The first-order chi connectivity index (χ1) is 11.2. The molecule has 23 heavy (non-hydrogen) atoms. The molecule has 3 rings (SSSR count). The molecule has 0 unspecified atom stereocenters. The van der Waals surface area contributed by atoms with Crippen LogP contribution in [0.25, 0.3) is 10.8 Å². The lowest BCUT2D eigenvalue weighted by Gasteiger charge is -2.22. The maximum Gasteiger partial charge on any atom is 0.223 e. The lowest BCUT2D eigenvalue weighted by atomic mass is 10.0. The van der Waals surface area contributed by atoms with Gasteiger partial charge < -0.3 is 14.7 Å². The van der Waals surface area contributed by atoms with Crippen molar-refractivity contribution >= 4 is 16.7 Å². The highest BCUT2D eigenvalue weighted by Gasteiger charge is 2.34. The van der Waals surface area contributed by atoms with Gasteiger partial charge in [0.15, 0.2) is 0 Å². The molecule has 1 aliphatic rings. The highest BCUT2D eigenvalue weighted by Crippen LogP contribution is 2.22. The Labute approximate surface area is 136 Å². The van der Waals surface area contributed by atoms with Crippen molar-refractivity contribution in [2.24, 2.45) is 0 Å². The number of hydrogen-bond acceptors (Lipinski definition) is 3. The number of aliphatic hydroxyl groups is 1. The Morgan fingerprint density at radius 1 is 1.26 bits per heavy atom. The maximum absolute atomic E-state index is 12.5. The standard InChI is InChI=1S/C19H23NO3/c1-23-18-11-17(13-21)20(12-18)19(22)9-7-14-6-8-15-4-2-3-5-16(15)10-14/h2-6,8,10,17-18,21H,7,9,11-13H2,1H3/t17-,18-/m0/s1. The number of rotatable bonds is 5. The number of amides is 1. The molecule has 0 bridgehead atoms. The summed E-state index contributed by atoms with van der Waals surface area (Å²) in [6.07, 6.45) is 1.94. The van der Waals surface area contributed by atoms with Gasteiger partial charge in [0.1, 0.15) is 0 Å². The van der Waals surface area contributed by atoms with E-state index in [2.05, 4.69) is 30.3 Å². The molecule has 1 aliphatic heterocycles. The van der Waals surface area contributed by atoms with Crippen LogP contribution in [-0.4, -0.2) is 48.3 Å². The van der Waals surface area contributed by atoms with Gasteiger partial charge in [0.05, 0.1) is 18.8 Å². The molecular weight excluding hydrogens is 290 g/mol. The molecule has 4 nitrogen and oxygen atoms in total. The third-order valence-corrected chi connectivity index (χ3v) is 4.68. The van der Waals surface area contributed by atoms with E-state index >= 15 is 0 Å². The van der Waals surface area contributed by atoms with Gasteiger partial charge in [-0.2, -0.15) is 0 Å². The highest BCUT2D eigenvalue weighted by atomic mass is 16.5. The van der Waals surface area contributed by atoms with Crippen molar-refractivity contribution in [2.75, 3.05) is 20.3 Å². The summed E-state index contributed by atoms with van der Waals surface area (Å²) < 4.78 is 5.33. The van der Waals surface area contributed by atoms with Crippen molar-refractivity contribution < 1.29 is 14.6 Å². The molecule has 2 aromatic rings. The molecule has 0 spiro atoms. The summed E-state index contributed by atoms with van der Waals surface area (Å²) in [4.78, 5) is 14.2. The Hall–Kier alpha value is -1.91. The minimum atomic E-state index is -0.107. The minimum absolute atomic E-state index is 0.00156. The number of nitrogens with zero attached hydrogens (tertiary/aromatic N) is 1. The van der Waals surface area contributed by atoms with Crippen LogP contribution in [0.2, 0.25) is 0 Å². The average Bonchev–Trinajstić information content (AvgIpc) is 3.03. The smallest absolute Gasteiger partial charge is 0.223 e. The highest BCUT2D eigenvalue weighted by molar-refractivity contribution is 5.83. The first kappa shape index (κ1) is 16.0. The van der Waals surface area contributed by atoms with E-state index in [4.69, 9.17) is 4.74 Å². The van der Waals surface area contributed by atoms with Crippen LogP contribution in [0.5, 0.6) is 0 Å². The van der Waals surface area contributed by atoms with Gasteiger partial charge in [-0.25, -0.2) is 0 Å². The summed E-state index contributed by atoms with van der Waals surface area (Å²) in [5.74, 6) is 0.0942. The van der Waals surface area contributed by atoms with Gasteiger partial charge in [-0.15, -0.1) is 0 Å². The SMILES string of the molecule is CO[C@H]1C[C@@H](CO)N(C(=O)CCc2ccc3ccccc3c2)C1. The average molecular weight is 313 g/mol. The molecule has 1 fully saturated rings. The van der Waals surface area contributed by atoms with Crippen LogP contribution in [0.1, 0.15) is 18.4 Å². The fourth-order valence-corrected chi connectivity index (χ4v) is 3.31. The first-order valence-corrected chi connectivity index (χ1v) is 8.12. The lowest BCUT2D eigenvalue weighted by Crippen LogP contribution is -2.38. The number of carbonyl (C=O) groups excluding carboxylic acids is 1. The number of hydrogen-bond donors (Lipinski definition) is 1. The van der Waals surface area contributed by atoms with Crippen LogP contribution in [0.4, 0.5) is 0 Å². The van der Waals surface area contributed by atoms with Crippen molar-refractivity contribution in [1.29, 1.82) is 0 Å². The zero-order chi connectivity index (χ0) is 16.2. The van der Waals surface area contributed by atoms with E-state index in [0.717, 1.165) is 6.42 Å². The minimum Gasteiger partial charge on any atom is -0.394 e. The molecule has 0 saturated carbocycles. The molecule has 0 radical (unpaired) electrons. The number of aryl methyl sites for hydroxylation is 1. The zero-order valence-corrected chi connectivity index (χ0v) is 13.4. The number of carbonyl (C=O) groups is 1. The van der Waals surface area contributed by atoms with Crippen LogP contribution < -0.4 is 0 Å². The molecular formula is C19H23NO3. The van der Waals surface area contributed by atoms with Crippen LogP contribution >= 0.6 is 0 Å². The van der Waals surface area contributed by atoms with Gasteiger partial charge in [0.2, 0.25) is 5.91 Å². The third kappa shape index (κ3) is 3.54. The summed E-state index contributed by atoms with van der Waals surface area (Å²) in [5, 5.41) is 11.9. The summed E-state index contributed by atoms with van der Waals surface area (Å²) in [7, 11) is 1.65. The number of aliphatic hydroxyl groups excluding tert-OH is 1. The van der Waals surface area contributed by atoms with E-state index in [9.17, 15) is 9.90 Å². The normalized spacial score (nSPS) is 21.0. The van der Waals surface area contributed by atoms with Gasteiger partial charge in [0.25, 0.3) is 0 Å². The fraction of sp³-hybridized carbons (Fsp3) is 0.421. The van der Waals surface area contributed by atoms with E-state index < -0.39 is 0 Å². The second kappa shape index (κ2) is 7.11. The topological polar surface area (TPSA) is 49.8 Å².